The van der Waals surface area contributed by atoms with Gasteiger partial charge in [0.25, 0.3) is 5.91 Å². The van der Waals surface area contributed by atoms with Crippen molar-refractivity contribution in [3.05, 3.63) is 35.1 Å². The van der Waals surface area contributed by atoms with Gasteiger partial charge in [-0.3, -0.25) is 4.79 Å². The van der Waals surface area contributed by atoms with Crippen molar-refractivity contribution < 1.29 is 14.3 Å². The lowest BCUT2D eigenvalue weighted by molar-refractivity contribution is 0.0941. The van der Waals surface area contributed by atoms with E-state index in [1.54, 1.807) is 19.1 Å². The molecule has 98 valence electrons. The summed E-state index contributed by atoms with van der Waals surface area (Å²) in [7, 11) is 0. The Bertz CT molecular complexity index is 447. The smallest absolute Gasteiger partial charge is 0.254 e. The third-order valence-corrected chi connectivity index (χ3v) is 3.50. The molecule has 2 atom stereocenters. The molecular formula is C14H18FNO2. The summed E-state index contributed by atoms with van der Waals surface area (Å²) in [5, 5.41) is 12.1. The molecule has 1 aromatic carbocycles. The molecule has 18 heavy (non-hydrogen) atoms. The molecule has 0 saturated heterocycles. The van der Waals surface area contributed by atoms with Crippen LogP contribution in [0.25, 0.3) is 0 Å². The Balaban J connectivity index is 1.94. The summed E-state index contributed by atoms with van der Waals surface area (Å²) in [5.41, 5.74) is 0.562. The lowest BCUT2D eigenvalue weighted by Crippen LogP contribution is -2.29. The van der Waals surface area contributed by atoms with Crippen molar-refractivity contribution in [2.45, 2.75) is 32.3 Å². The van der Waals surface area contributed by atoms with Gasteiger partial charge in [0.1, 0.15) is 5.82 Å². The minimum Gasteiger partial charge on any atom is -0.393 e. The van der Waals surface area contributed by atoms with Crippen LogP contribution in [-0.4, -0.2) is 23.7 Å². The predicted octanol–water partition coefficient (Wildman–Crippen LogP) is 2.02. The van der Waals surface area contributed by atoms with Crippen LogP contribution in [0.5, 0.6) is 0 Å². The van der Waals surface area contributed by atoms with E-state index in [2.05, 4.69) is 5.32 Å². The van der Waals surface area contributed by atoms with Crippen LogP contribution < -0.4 is 5.32 Å². The second-order valence-electron chi connectivity index (χ2n) is 4.98. The number of hydrogen-bond donors (Lipinski definition) is 2. The molecule has 4 heteroatoms. The highest BCUT2D eigenvalue weighted by Gasteiger charge is 2.23. The van der Waals surface area contributed by atoms with Crippen molar-refractivity contribution in [1.82, 2.24) is 5.32 Å². The largest absolute Gasteiger partial charge is 0.393 e. The molecule has 3 nitrogen and oxygen atoms in total. The van der Waals surface area contributed by atoms with E-state index in [-0.39, 0.29) is 17.6 Å². The standard InChI is InChI=1S/C14H18FNO2/c1-9-3-2-4-12(13(9)15)14(18)16-8-10-5-6-11(17)7-10/h2-4,10-11,17H,5-8H2,1H3,(H,16,18). The Kier molecular flexibility index (Phi) is 3.97. The van der Waals surface area contributed by atoms with Crippen LogP contribution in [0.4, 0.5) is 4.39 Å². The van der Waals surface area contributed by atoms with Crippen molar-refractivity contribution in [3.63, 3.8) is 0 Å². The van der Waals surface area contributed by atoms with Crippen LogP contribution in [0, 0.1) is 18.7 Å². The number of carbonyl (C=O) groups excluding carboxylic acids is 1. The number of hydrogen-bond acceptors (Lipinski definition) is 2. The van der Waals surface area contributed by atoms with Crippen molar-refractivity contribution in [3.8, 4) is 0 Å². The summed E-state index contributed by atoms with van der Waals surface area (Å²) < 4.78 is 13.7. The number of halogens is 1. The van der Waals surface area contributed by atoms with Gasteiger partial charge >= 0.3 is 0 Å². The van der Waals surface area contributed by atoms with Crippen LogP contribution in [0.15, 0.2) is 18.2 Å². The number of aryl methyl sites for hydroxylation is 1. The second-order valence-corrected chi connectivity index (χ2v) is 4.98. The molecule has 0 bridgehead atoms. The fourth-order valence-electron chi connectivity index (χ4n) is 2.39. The topological polar surface area (TPSA) is 49.3 Å². The first kappa shape index (κ1) is 13.0. The average Bonchev–Trinajstić information content (AvgIpc) is 2.76. The highest BCUT2D eigenvalue weighted by Crippen LogP contribution is 2.24. The summed E-state index contributed by atoms with van der Waals surface area (Å²) in [6.07, 6.45) is 2.18. The third-order valence-electron chi connectivity index (χ3n) is 3.50. The molecule has 1 amide bonds. The van der Waals surface area contributed by atoms with Gasteiger partial charge in [-0.1, -0.05) is 12.1 Å². The zero-order valence-corrected chi connectivity index (χ0v) is 10.4. The van der Waals surface area contributed by atoms with Gasteiger partial charge in [-0.15, -0.1) is 0 Å². The molecule has 2 N–H and O–H groups in total. The first-order chi connectivity index (χ1) is 8.58. The van der Waals surface area contributed by atoms with Gasteiger partial charge < -0.3 is 10.4 Å². The van der Waals surface area contributed by atoms with E-state index in [4.69, 9.17) is 0 Å². The number of amides is 1. The second kappa shape index (κ2) is 5.48. The average molecular weight is 251 g/mol. The van der Waals surface area contributed by atoms with Gasteiger partial charge in [-0.25, -0.2) is 4.39 Å². The molecule has 2 rings (SSSR count). The summed E-state index contributed by atoms with van der Waals surface area (Å²) >= 11 is 0. The normalized spacial score (nSPS) is 23.1. The fraction of sp³-hybridized carbons (Fsp3) is 0.500. The summed E-state index contributed by atoms with van der Waals surface area (Å²) in [6, 6.07) is 4.80. The third kappa shape index (κ3) is 2.88. The lowest BCUT2D eigenvalue weighted by Gasteiger charge is -2.11. The number of benzene rings is 1. The molecule has 0 spiro atoms. The van der Waals surface area contributed by atoms with Crippen LogP contribution in [0.3, 0.4) is 0 Å². The molecule has 1 fully saturated rings. The fourth-order valence-corrected chi connectivity index (χ4v) is 2.39. The first-order valence-corrected chi connectivity index (χ1v) is 6.29. The molecule has 1 aliphatic rings. The van der Waals surface area contributed by atoms with Gasteiger partial charge in [-0.2, -0.15) is 0 Å². The number of nitrogens with one attached hydrogen (secondary N) is 1. The molecule has 0 radical (unpaired) electrons. The van der Waals surface area contributed by atoms with Crippen LogP contribution in [0.1, 0.15) is 35.2 Å². The Morgan fingerprint density at radius 2 is 2.28 bits per heavy atom. The van der Waals surface area contributed by atoms with E-state index in [1.165, 1.54) is 6.07 Å². The molecule has 0 aromatic heterocycles. The molecule has 0 heterocycles. The van der Waals surface area contributed by atoms with Gasteiger partial charge in [0, 0.05) is 6.54 Å². The van der Waals surface area contributed by atoms with Crippen molar-refractivity contribution in [1.29, 1.82) is 0 Å². The van der Waals surface area contributed by atoms with Gasteiger partial charge in [0.2, 0.25) is 0 Å². The van der Waals surface area contributed by atoms with Crippen LogP contribution in [0.2, 0.25) is 0 Å². The van der Waals surface area contributed by atoms with Crippen LogP contribution >= 0.6 is 0 Å². The lowest BCUT2D eigenvalue weighted by atomic mass is 10.1. The maximum atomic E-state index is 13.7. The number of aliphatic hydroxyl groups is 1. The minimum atomic E-state index is -0.457. The number of rotatable bonds is 3. The summed E-state index contributed by atoms with van der Waals surface area (Å²) in [4.78, 5) is 11.8. The molecule has 1 aliphatic carbocycles. The highest BCUT2D eigenvalue weighted by atomic mass is 19.1. The molecule has 1 aromatic rings. The van der Waals surface area contributed by atoms with Crippen molar-refractivity contribution in [2.24, 2.45) is 5.92 Å². The molecular weight excluding hydrogens is 233 g/mol. The van der Waals surface area contributed by atoms with Crippen molar-refractivity contribution in [2.75, 3.05) is 6.54 Å². The zero-order valence-electron chi connectivity index (χ0n) is 10.4. The molecule has 2 unspecified atom stereocenters. The molecule has 1 saturated carbocycles. The summed E-state index contributed by atoms with van der Waals surface area (Å²) in [5.74, 6) is -0.532. The van der Waals surface area contributed by atoms with E-state index in [9.17, 15) is 14.3 Å². The monoisotopic (exact) mass is 251 g/mol. The van der Waals surface area contributed by atoms with Crippen LogP contribution in [-0.2, 0) is 0 Å². The zero-order chi connectivity index (χ0) is 13.1. The predicted molar refractivity (Wildman–Crippen MR) is 66.8 cm³/mol. The van der Waals surface area contributed by atoms with E-state index in [0.717, 1.165) is 19.3 Å². The first-order valence-electron chi connectivity index (χ1n) is 6.29. The Morgan fingerprint density at radius 1 is 1.50 bits per heavy atom. The Morgan fingerprint density at radius 3 is 2.94 bits per heavy atom. The SMILES string of the molecule is Cc1cccc(C(=O)NCC2CCC(O)C2)c1F. The van der Waals surface area contributed by atoms with E-state index in [0.29, 0.717) is 18.0 Å². The minimum absolute atomic E-state index is 0.0912. The summed E-state index contributed by atoms with van der Waals surface area (Å²) in [6.45, 7) is 2.14. The Labute approximate surface area is 106 Å². The maximum absolute atomic E-state index is 13.7. The molecule has 0 aliphatic heterocycles. The van der Waals surface area contributed by atoms with Crippen molar-refractivity contribution >= 4 is 5.91 Å². The highest BCUT2D eigenvalue weighted by molar-refractivity contribution is 5.94. The van der Waals surface area contributed by atoms with E-state index in [1.807, 2.05) is 0 Å². The quantitative estimate of drug-likeness (QED) is 0.863. The van der Waals surface area contributed by atoms with E-state index < -0.39 is 5.82 Å². The van der Waals surface area contributed by atoms with Gasteiger partial charge in [-0.05, 0) is 43.7 Å². The van der Waals surface area contributed by atoms with E-state index >= 15 is 0 Å². The maximum Gasteiger partial charge on any atom is 0.254 e. The van der Waals surface area contributed by atoms with Gasteiger partial charge in [0.15, 0.2) is 0 Å². The number of aliphatic hydroxyl groups excluding tert-OH is 1. The Hall–Kier alpha value is -1.42. The van der Waals surface area contributed by atoms with Gasteiger partial charge in [0.05, 0.1) is 11.7 Å². The number of carbonyl (C=O) groups is 1.